The lowest BCUT2D eigenvalue weighted by atomic mass is 9.92. The van der Waals surface area contributed by atoms with Crippen molar-refractivity contribution in [2.75, 3.05) is 0 Å². The van der Waals surface area contributed by atoms with Crippen LogP contribution in [0, 0.1) is 5.92 Å². The van der Waals surface area contributed by atoms with Crippen molar-refractivity contribution >= 4 is 20.1 Å². The monoisotopic (exact) mass is 496 g/mol. The Balaban J connectivity index is 5.61. The first kappa shape index (κ1) is 32.8. The molecule has 0 unspecified atom stereocenters. The van der Waals surface area contributed by atoms with Gasteiger partial charge < -0.3 is 14.3 Å². The topological polar surface area (TPSA) is 72.8 Å². The quantitative estimate of drug-likeness (QED) is 0.106. The van der Waals surface area contributed by atoms with E-state index in [2.05, 4.69) is 46.9 Å². The first-order valence-electron chi connectivity index (χ1n) is 13.0. The molecule has 0 aliphatic rings. The molecule has 1 N–H and O–H groups in total. The maximum atomic E-state index is 13.1. The van der Waals surface area contributed by atoms with Crippen molar-refractivity contribution in [1.29, 1.82) is 0 Å². The van der Waals surface area contributed by atoms with Crippen LogP contribution in [0.15, 0.2) is 23.8 Å². The number of unbranched alkanes of at least 4 members (excludes halogenated alkanes) is 1. The van der Waals surface area contributed by atoms with Gasteiger partial charge in [-0.15, -0.1) is 0 Å². The molecule has 0 aliphatic carbocycles. The van der Waals surface area contributed by atoms with Crippen LogP contribution in [0.1, 0.15) is 100 Å². The number of hydrogen-bond donors (Lipinski definition) is 1. The Morgan fingerprint density at radius 3 is 2.21 bits per heavy atom. The van der Waals surface area contributed by atoms with Gasteiger partial charge in [-0.3, -0.25) is 9.59 Å². The van der Waals surface area contributed by atoms with Gasteiger partial charge in [-0.05, 0) is 57.7 Å². The number of ether oxygens (including phenoxy) is 1. The van der Waals surface area contributed by atoms with Gasteiger partial charge in [0, 0.05) is 25.7 Å². The Morgan fingerprint density at radius 2 is 1.71 bits per heavy atom. The van der Waals surface area contributed by atoms with E-state index in [9.17, 15) is 14.7 Å². The lowest BCUT2D eigenvalue weighted by molar-refractivity contribution is -0.146. The molecule has 198 valence electrons. The summed E-state index contributed by atoms with van der Waals surface area (Å²) in [5.74, 6) is -0.615. The molecule has 4 atom stereocenters. The molecular weight excluding hydrogens is 444 g/mol. The Hall–Kier alpha value is -1.24. The average Bonchev–Trinajstić information content (AvgIpc) is 2.68. The van der Waals surface area contributed by atoms with E-state index in [0.29, 0.717) is 12.8 Å². The van der Waals surface area contributed by atoms with E-state index in [1.54, 1.807) is 0 Å². The molecule has 0 rings (SSSR count). The molecule has 0 heterocycles. The van der Waals surface area contributed by atoms with Crippen molar-refractivity contribution in [3.8, 4) is 0 Å². The molecule has 0 saturated heterocycles. The highest BCUT2D eigenvalue weighted by molar-refractivity contribution is 6.74. The van der Waals surface area contributed by atoms with Crippen molar-refractivity contribution in [3.05, 3.63) is 23.8 Å². The molecule has 0 fully saturated rings. The summed E-state index contributed by atoms with van der Waals surface area (Å²) >= 11 is 0. The van der Waals surface area contributed by atoms with Crippen LogP contribution < -0.4 is 0 Å². The van der Waals surface area contributed by atoms with Crippen molar-refractivity contribution in [1.82, 2.24) is 0 Å². The molecule has 0 radical (unpaired) electrons. The zero-order valence-electron chi connectivity index (χ0n) is 23.6. The third-order valence-electron chi connectivity index (χ3n) is 6.76. The van der Waals surface area contributed by atoms with Gasteiger partial charge in [0.1, 0.15) is 11.9 Å². The number of esters is 1. The maximum absolute atomic E-state index is 13.1. The van der Waals surface area contributed by atoms with Gasteiger partial charge in [0.05, 0.1) is 12.2 Å². The zero-order chi connectivity index (χ0) is 26.5. The van der Waals surface area contributed by atoms with Crippen LogP contribution in [0.5, 0.6) is 0 Å². The fraction of sp³-hybridized carbons (Fsp3) is 0.786. The van der Waals surface area contributed by atoms with Gasteiger partial charge in [-0.1, -0.05) is 64.8 Å². The Labute approximate surface area is 210 Å². The van der Waals surface area contributed by atoms with E-state index in [4.69, 9.17) is 9.16 Å². The smallest absolute Gasteiger partial charge is 0.302 e. The highest BCUT2D eigenvalue weighted by atomic mass is 28.4. The molecule has 0 spiro atoms. The molecular formula is C28H52O5Si. The Kier molecular flexibility index (Phi) is 15.1. The lowest BCUT2D eigenvalue weighted by Crippen LogP contribution is -2.46. The van der Waals surface area contributed by atoms with Gasteiger partial charge in [0.15, 0.2) is 8.32 Å². The van der Waals surface area contributed by atoms with Crippen LogP contribution in [0.25, 0.3) is 0 Å². The number of aliphatic hydroxyl groups is 1. The minimum atomic E-state index is -2.15. The molecule has 5 nitrogen and oxygen atoms in total. The summed E-state index contributed by atoms with van der Waals surface area (Å²) in [6, 6.07) is 0. The third-order valence-corrected chi connectivity index (χ3v) is 11.2. The summed E-state index contributed by atoms with van der Waals surface area (Å²) in [7, 11) is -2.15. The SMILES string of the molecule is C/C=C\CCC[C@@H](O)CC(=O)[C@H](C)[C@@H](/C=C(\C)C[C@@H](CCC)OC(C)=O)O[Si](C)(C)C(C)(C)C. The molecule has 0 saturated carbocycles. The summed E-state index contributed by atoms with van der Waals surface area (Å²) in [4.78, 5) is 24.6. The van der Waals surface area contributed by atoms with Crippen LogP contribution in [-0.4, -0.2) is 43.5 Å². The predicted molar refractivity (Wildman–Crippen MR) is 144 cm³/mol. The summed E-state index contributed by atoms with van der Waals surface area (Å²) in [6.07, 6.45) is 9.86. The molecule has 6 heteroatoms. The second kappa shape index (κ2) is 15.7. The number of ketones is 1. The molecule has 0 amide bonds. The summed E-state index contributed by atoms with van der Waals surface area (Å²) in [6.45, 7) is 20.4. The Bertz CT molecular complexity index is 675. The first-order chi connectivity index (χ1) is 15.6. The van der Waals surface area contributed by atoms with Crippen LogP contribution in [0.3, 0.4) is 0 Å². The first-order valence-corrected chi connectivity index (χ1v) is 15.9. The van der Waals surface area contributed by atoms with E-state index >= 15 is 0 Å². The van der Waals surface area contributed by atoms with E-state index in [-0.39, 0.29) is 41.3 Å². The second-order valence-corrected chi connectivity index (χ2v) is 15.9. The molecule has 0 aromatic rings. The van der Waals surface area contributed by atoms with Crippen LogP contribution in [0.2, 0.25) is 18.1 Å². The standard InChI is InChI=1S/C28H52O5Si/c1-11-13-14-15-17-24(30)20-26(31)22(4)27(33-34(9,10)28(6,7)8)19-21(3)18-25(16-12-2)32-23(5)29/h11,13,19,22,24-25,27,30H,12,14-18,20H2,1-10H3/b13-11-,21-19+/t22-,24+,25+,27+/m0/s1. The second-order valence-electron chi connectivity index (χ2n) is 11.2. The van der Waals surface area contributed by atoms with Gasteiger partial charge in [0.25, 0.3) is 0 Å². The molecule has 0 aliphatic heterocycles. The van der Waals surface area contributed by atoms with Gasteiger partial charge in [0.2, 0.25) is 0 Å². The molecule has 0 aromatic heterocycles. The highest BCUT2D eigenvalue weighted by Crippen LogP contribution is 2.38. The highest BCUT2D eigenvalue weighted by Gasteiger charge is 2.40. The van der Waals surface area contributed by atoms with E-state index in [1.165, 1.54) is 6.92 Å². The van der Waals surface area contributed by atoms with E-state index in [1.807, 2.05) is 32.9 Å². The number of Topliss-reactive ketones (excluding diaryl/α,β-unsaturated/α-hetero) is 1. The fourth-order valence-electron chi connectivity index (χ4n) is 3.61. The van der Waals surface area contributed by atoms with Crippen LogP contribution in [-0.2, 0) is 18.8 Å². The van der Waals surface area contributed by atoms with Crippen molar-refractivity contribution < 1.29 is 23.9 Å². The average molecular weight is 497 g/mol. The summed E-state index contributed by atoms with van der Waals surface area (Å²) in [5, 5.41) is 10.4. The molecule has 0 aromatic carbocycles. The summed E-state index contributed by atoms with van der Waals surface area (Å²) < 4.78 is 12.2. The van der Waals surface area contributed by atoms with Crippen LogP contribution >= 0.6 is 0 Å². The minimum Gasteiger partial charge on any atom is -0.462 e. The normalized spacial score (nSPS) is 16.9. The number of hydrogen-bond acceptors (Lipinski definition) is 5. The maximum Gasteiger partial charge on any atom is 0.302 e. The minimum absolute atomic E-state index is 0.00452. The van der Waals surface area contributed by atoms with Crippen molar-refractivity contribution in [3.63, 3.8) is 0 Å². The molecule has 0 bridgehead atoms. The molecule has 34 heavy (non-hydrogen) atoms. The predicted octanol–water partition coefficient (Wildman–Crippen LogP) is 7.15. The number of carbonyl (C=O) groups is 2. The van der Waals surface area contributed by atoms with Crippen molar-refractivity contribution in [2.24, 2.45) is 5.92 Å². The van der Waals surface area contributed by atoms with Gasteiger partial charge in [-0.2, -0.15) is 0 Å². The number of rotatable bonds is 16. The fourth-order valence-corrected chi connectivity index (χ4v) is 4.91. The number of allylic oxidation sites excluding steroid dienone is 2. The van der Waals surface area contributed by atoms with Crippen molar-refractivity contribution in [2.45, 2.75) is 137 Å². The summed E-state index contributed by atoms with van der Waals surface area (Å²) in [5.41, 5.74) is 1.05. The number of carbonyl (C=O) groups excluding carboxylic acids is 2. The van der Waals surface area contributed by atoms with Gasteiger partial charge >= 0.3 is 5.97 Å². The van der Waals surface area contributed by atoms with Crippen LogP contribution in [0.4, 0.5) is 0 Å². The van der Waals surface area contributed by atoms with E-state index < -0.39 is 14.4 Å². The van der Waals surface area contributed by atoms with Gasteiger partial charge in [-0.25, -0.2) is 0 Å². The Morgan fingerprint density at radius 1 is 1.09 bits per heavy atom. The lowest BCUT2D eigenvalue weighted by Gasteiger charge is -2.40. The zero-order valence-corrected chi connectivity index (χ0v) is 24.6. The largest absolute Gasteiger partial charge is 0.462 e. The van der Waals surface area contributed by atoms with E-state index in [0.717, 1.165) is 31.3 Å². The third kappa shape index (κ3) is 13.0. The number of aliphatic hydroxyl groups excluding tert-OH is 1.